The largest absolute Gasteiger partial charge is 0.420 e. The fourth-order valence-corrected chi connectivity index (χ4v) is 4.62. The molecule has 0 aromatic heterocycles. The maximum atomic E-state index is 5.81. The van der Waals surface area contributed by atoms with E-state index in [1.54, 1.807) is 0 Å². The molecular weight excluding hydrogens is 180 g/mol. The Morgan fingerprint density at radius 1 is 1.23 bits per heavy atom. The van der Waals surface area contributed by atoms with E-state index in [9.17, 15) is 0 Å². The van der Waals surface area contributed by atoms with E-state index in [1.165, 1.54) is 44.2 Å². The van der Waals surface area contributed by atoms with Gasteiger partial charge in [0.2, 0.25) is 0 Å². The third-order valence-corrected chi connectivity index (χ3v) is 5.79. The van der Waals surface area contributed by atoms with Crippen LogP contribution in [0.3, 0.4) is 0 Å². The van der Waals surface area contributed by atoms with Gasteiger partial charge in [-0.15, -0.1) is 0 Å². The Hall–Kier alpha value is 0.137. The minimum absolute atomic E-state index is 0.633. The molecule has 3 heteroatoms. The van der Waals surface area contributed by atoms with Crippen LogP contribution in [-0.2, 0) is 9.16 Å². The lowest BCUT2D eigenvalue weighted by Gasteiger charge is -2.20. The summed E-state index contributed by atoms with van der Waals surface area (Å²) in [5.41, 5.74) is 0. The van der Waals surface area contributed by atoms with Gasteiger partial charge in [-0.3, -0.25) is 0 Å². The molecule has 2 fully saturated rings. The number of hydrogen-bond donors (Lipinski definition) is 0. The zero-order valence-corrected chi connectivity index (χ0v) is 9.49. The monoisotopic (exact) mass is 200 g/mol. The van der Waals surface area contributed by atoms with Crippen LogP contribution in [0.2, 0.25) is 12.1 Å². The van der Waals surface area contributed by atoms with Gasteiger partial charge in [-0.05, 0) is 24.9 Å². The van der Waals surface area contributed by atoms with E-state index in [2.05, 4.69) is 0 Å². The fourth-order valence-electron chi connectivity index (χ4n) is 2.01. The van der Waals surface area contributed by atoms with Gasteiger partial charge in [-0.1, -0.05) is 19.3 Å². The zero-order valence-electron chi connectivity index (χ0n) is 8.34. The Kier molecular flexibility index (Phi) is 3.82. The quantitative estimate of drug-likeness (QED) is 0.385. The Morgan fingerprint density at radius 2 is 2.15 bits per heavy atom. The highest BCUT2D eigenvalue weighted by atomic mass is 28.3. The maximum absolute atomic E-state index is 5.81. The first kappa shape index (κ1) is 9.68. The molecule has 0 aliphatic carbocycles. The highest BCUT2D eigenvalue weighted by Crippen LogP contribution is 2.20. The molecule has 2 atom stereocenters. The smallest absolute Gasteiger partial charge is 0.176 e. The van der Waals surface area contributed by atoms with Crippen LogP contribution in [0.4, 0.5) is 0 Å². The van der Waals surface area contributed by atoms with Gasteiger partial charge in [0.15, 0.2) is 9.04 Å². The molecule has 76 valence electrons. The molecule has 2 nitrogen and oxygen atoms in total. The predicted octanol–water partition coefficient (Wildman–Crippen LogP) is 2.09. The van der Waals surface area contributed by atoms with Gasteiger partial charge in [0.05, 0.1) is 12.7 Å². The fraction of sp³-hybridized carbons (Fsp3) is 1.00. The van der Waals surface area contributed by atoms with Crippen LogP contribution >= 0.6 is 0 Å². The van der Waals surface area contributed by atoms with E-state index in [-0.39, 0.29) is 0 Å². The maximum Gasteiger partial charge on any atom is 0.176 e. The minimum Gasteiger partial charge on any atom is -0.420 e. The first-order valence-electron chi connectivity index (χ1n) is 5.68. The Balaban J connectivity index is 1.46. The topological polar surface area (TPSA) is 21.8 Å². The second-order valence-electron chi connectivity index (χ2n) is 4.23. The molecule has 0 bridgehead atoms. The van der Waals surface area contributed by atoms with E-state index in [0.29, 0.717) is 6.10 Å². The third kappa shape index (κ3) is 3.79. The molecular formula is C10H20O2Si. The van der Waals surface area contributed by atoms with Crippen molar-refractivity contribution in [2.24, 2.45) is 0 Å². The molecule has 0 spiro atoms. The average Bonchev–Trinajstić information content (AvgIpc) is 2.98. The van der Waals surface area contributed by atoms with Crippen LogP contribution in [-0.4, -0.2) is 28.4 Å². The summed E-state index contributed by atoms with van der Waals surface area (Å²) < 4.78 is 11.0. The SMILES string of the molecule is C1CC[SiH](CCCCC2CO2)OC1. The summed E-state index contributed by atoms with van der Waals surface area (Å²) in [5, 5.41) is 0. The van der Waals surface area contributed by atoms with Crippen molar-refractivity contribution >= 4 is 9.04 Å². The van der Waals surface area contributed by atoms with Crippen LogP contribution in [0, 0.1) is 0 Å². The normalized spacial score (nSPS) is 33.2. The summed E-state index contributed by atoms with van der Waals surface area (Å²) in [6.45, 7) is 2.08. The third-order valence-electron chi connectivity index (χ3n) is 2.98. The summed E-state index contributed by atoms with van der Waals surface area (Å²) >= 11 is 0. The van der Waals surface area contributed by atoms with Crippen LogP contribution < -0.4 is 0 Å². The van der Waals surface area contributed by atoms with E-state index >= 15 is 0 Å². The molecule has 0 aromatic rings. The highest BCUT2D eigenvalue weighted by molar-refractivity contribution is 6.51. The lowest BCUT2D eigenvalue weighted by atomic mass is 10.2. The van der Waals surface area contributed by atoms with Crippen molar-refractivity contribution in [3.8, 4) is 0 Å². The van der Waals surface area contributed by atoms with Crippen molar-refractivity contribution in [2.45, 2.75) is 50.3 Å². The molecule has 2 unspecified atom stereocenters. The van der Waals surface area contributed by atoms with Crippen molar-refractivity contribution in [1.29, 1.82) is 0 Å². The molecule has 0 radical (unpaired) electrons. The van der Waals surface area contributed by atoms with Gasteiger partial charge in [0.1, 0.15) is 0 Å². The van der Waals surface area contributed by atoms with Crippen molar-refractivity contribution in [1.82, 2.24) is 0 Å². The van der Waals surface area contributed by atoms with Gasteiger partial charge in [0.25, 0.3) is 0 Å². The number of unbranched alkanes of at least 4 members (excludes halogenated alkanes) is 1. The summed E-state index contributed by atoms with van der Waals surface area (Å²) in [4.78, 5) is 0. The minimum atomic E-state index is -0.710. The number of rotatable bonds is 5. The second-order valence-corrected chi connectivity index (χ2v) is 6.96. The molecule has 2 aliphatic heterocycles. The standard InChI is InChI=1S/C10H20O2Si/c1(5-10-9-11-10)3-7-13-8-4-2-6-12-13/h10,13H,1-9H2. The molecule has 0 saturated carbocycles. The number of ether oxygens (including phenoxy) is 1. The van der Waals surface area contributed by atoms with Crippen molar-refractivity contribution in [3.63, 3.8) is 0 Å². The Bertz CT molecular complexity index is 142. The van der Waals surface area contributed by atoms with E-state index in [4.69, 9.17) is 9.16 Å². The highest BCUT2D eigenvalue weighted by Gasteiger charge is 2.22. The first-order valence-corrected chi connectivity index (χ1v) is 7.79. The van der Waals surface area contributed by atoms with Gasteiger partial charge < -0.3 is 9.16 Å². The summed E-state index contributed by atoms with van der Waals surface area (Å²) in [6.07, 6.45) is 7.41. The van der Waals surface area contributed by atoms with Crippen molar-refractivity contribution in [2.75, 3.05) is 13.2 Å². The lowest BCUT2D eigenvalue weighted by Crippen LogP contribution is -2.22. The van der Waals surface area contributed by atoms with Crippen molar-refractivity contribution in [3.05, 3.63) is 0 Å². The molecule has 0 N–H and O–H groups in total. The molecule has 2 rings (SSSR count). The number of epoxide rings is 1. The zero-order chi connectivity index (χ0) is 8.93. The molecule has 2 heterocycles. The van der Waals surface area contributed by atoms with Crippen LogP contribution in [0.15, 0.2) is 0 Å². The lowest BCUT2D eigenvalue weighted by molar-refractivity contribution is 0.285. The van der Waals surface area contributed by atoms with Gasteiger partial charge in [-0.25, -0.2) is 0 Å². The molecule has 2 saturated heterocycles. The van der Waals surface area contributed by atoms with E-state index in [1.807, 2.05) is 0 Å². The van der Waals surface area contributed by atoms with E-state index in [0.717, 1.165) is 13.2 Å². The molecule has 13 heavy (non-hydrogen) atoms. The van der Waals surface area contributed by atoms with Gasteiger partial charge >= 0.3 is 0 Å². The molecule has 0 amide bonds. The van der Waals surface area contributed by atoms with Crippen LogP contribution in [0.25, 0.3) is 0 Å². The average molecular weight is 200 g/mol. The second kappa shape index (κ2) is 5.13. The summed E-state index contributed by atoms with van der Waals surface area (Å²) in [6, 6.07) is 2.84. The summed E-state index contributed by atoms with van der Waals surface area (Å²) in [7, 11) is -0.710. The van der Waals surface area contributed by atoms with Crippen LogP contribution in [0.5, 0.6) is 0 Å². The number of hydrogen-bond acceptors (Lipinski definition) is 2. The molecule has 0 aromatic carbocycles. The van der Waals surface area contributed by atoms with Gasteiger partial charge in [0, 0.05) is 6.61 Å². The first-order chi connectivity index (χ1) is 6.45. The van der Waals surface area contributed by atoms with Crippen molar-refractivity contribution < 1.29 is 9.16 Å². The van der Waals surface area contributed by atoms with E-state index < -0.39 is 9.04 Å². The van der Waals surface area contributed by atoms with Gasteiger partial charge in [-0.2, -0.15) is 0 Å². The predicted molar refractivity (Wildman–Crippen MR) is 55.5 cm³/mol. The summed E-state index contributed by atoms with van der Waals surface area (Å²) in [5.74, 6) is 0. The Labute approximate surface area is 82.3 Å². The Morgan fingerprint density at radius 3 is 2.85 bits per heavy atom. The molecule has 2 aliphatic rings. The van der Waals surface area contributed by atoms with Crippen LogP contribution in [0.1, 0.15) is 32.1 Å².